The number of hydrogen-bond donors (Lipinski definition) is 2. The van der Waals surface area contributed by atoms with E-state index >= 15 is 0 Å². The van der Waals surface area contributed by atoms with Gasteiger partial charge in [0, 0.05) is 11.6 Å². The Morgan fingerprint density at radius 2 is 2.25 bits per heavy atom. The molecule has 0 radical (unpaired) electrons. The van der Waals surface area contributed by atoms with Gasteiger partial charge in [0.2, 0.25) is 5.91 Å². The van der Waals surface area contributed by atoms with Crippen LogP contribution in [0.4, 0.5) is 0 Å². The van der Waals surface area contributed by atoms with E-state index < -0.39 is 0 Å². The molecule has 20 heavy (non-hydrogen) atoms. The first-order valence-corrected chi connectivity index (χ1v) is 7.73. The van der Waals surface area contributed by atoms with Crippen LogP contribution in [0.1, 0.15) is 44.7 Å². The Labute approximate surface area is 126 Å². The summed E-state index contributed by atoms with van der Waals surface area (Å²) in [5, 5.41) is 7.16. The van der Waals surface area contributed by atoms with Crippen LogP contribution in [-0.4, -0.2) is 19.0 Å². The first-order valence-electron chi connectivity index (χ1n) is 7.35. The molecule has 1 fully saturated rings. The summed E-state index contributed by atoms with van der Waals surface area (Å²) in [7, 11) is 0. The number of hydrogen-bond acceptors (Lipinski definition) is 2. The molecule has 0 bridgehead atoms. The zero-order valence-corrected chi connectivity index (χ0v) is 13.0. The van der Waals surface area contributed by atoms with Crippen LogP contribution in [0.5, 0.6) is 0 Å². The van der Waals surface area contributed by atoms with E-state index in [1.165, 1.54) is 0 Å². The van der Waals surface area contributed by atoms with Crippen molar-refractivity contribution in [2.75, 3.05) is 13.1 Å². The Hall–Kier alpha value is -1.06. The molecule has 2 rings (SSSR count). The highest BCUT2D eigenvalue weighted by Crippen LogP contribution is 2.32. The third kappa shape index (κ3) is 3.15. The lowest BCUT2D eigenvalue weighted by atomic mass is 9.81. The van der Waals surface area contributed by atoms with Crippen LogP contribution in [0, 0.1) is 5.41 Å². The molecule has 1 aromatic rings. The lowest BCUT2D eigenvalue weighted by molar-refractivity contribution is -0.131. The van der Waals surface area contributed by atoms with Gasteiger partial charge in [-0.25, -0.2) is 0 Å². The molecule has 1 saturated heterocycles. The zero-order chi connectivity index (χ0) is 14.6. The quantitative estimate of drug-likeness (QED) is 0.875. The first kappa shape index (κ1) is 15.3. The smallest absolute Gasteiger partial charge is 0.228 e. The molecule has 0 spiro atoms. The highest BCUT2D eigenvalue weighted by molar-refractivity contribution is 6.31. The minimum absolute atomic E-state index is 0.0643. The first-order chi connectivity index (χ1) is 9.59. The van der Waals surface area contributed by atoms with E-state index in [-0.39, 0.29) is 17.4 Å². The maximum absolute atomic E-state index is 12.7. The molecule has 1 amide bonds. The lowest BCUT2D eigenvalue weighted by Gasteiger charge is -2.28. The molecule has 0 saturated carbocycles. The second kappa shape index (κ2) is 6.59. The summed E-state index contributed by atoms with van der Waals surface area (Å²) in [5.74, 6) is 0.150. The van der Waals surface area contributed by atoms with Gasteiger partial charge in [-0.05, 0) is 37.9 Å². The predicted molar refractivity (Wildman–Crippen MR) is 82.8 cm³/mol. The van der Waals surface area contributed by atoms with Crippen molar-refractivity contribution in [3.63, 3.8) is 0 Å². The Bertz CT molecular complexity index is 469. The number of nitrogens with one attached hydrogen (secondary N) is 2. The number of amides is 1. The molecule has 2 atom stereocenters. The van der Waals surface area contributed by atoms with Crippen molar-refractivity contribution in [2.24, 2.45) is 5.41 Å². The van der Waals surface area contributed by atoms with Gasteiger partial charge in [0.05, 0.1) is 11.5 Å². The van der Waals surface area contributed by atoms with Crippen molar-refractivity contribution in [2.45, 2.75) is 39.2 Å². The molecule has 4 heteroatoms. The second-order valence-electron chi connectivity index (χ2n) is 5.67. The van der Waals surface area contributed by atoms with Crippen LogP contribution in [0.3, 0.4) is 0 Å². The van der Waals surface area contributed by atoms with Gasteiger partial charge in [-0.1, -0.05) is 43.1 Å². The van der Waals surface area contributed by atoms with Crippen LogP contribution in [0.15, 0.2) is 24.3 Å². The molecule has 3 nitrogen and oxygen atoms in total. The van der Waals surface area contributed by atoms with Gasteiger partial charge in [0.25, 0.3) is 0 Å². The van der Waals surface area contributed by atoms with Gasteiger partial charge >= 0.3 is 0 Å². The average molecular weight is 295 g/mol. The third-order valence-electron chi connectivity index (χ3n) is 4.17. The topological polar surface area (TPSA) is 41.1 Å². The fourth-order valence-corrected chi connectivity index (χ4v) is 3.30. The molecule has 1 aliphatic heterocycles. The highest BCUT2D eigenvalue weighted by atomic mass is 35.5. The number of carbonyl (C=O) groups excluding carboxylic acids is 1. The van der Waals surface area contributed by atoms with E-state index in [1.807, 2.05) is 31.2 Å². The van der Waals surface area contributed by atoms with E-state index in [0.29, 0.717) is 5.02 Å². The molecule has 1 aliphatic rings. The van der Waals surface area contributed by atoms with Crippen LogP contribution >= 0.6 is 11.6 Å². The van der Waals surface area contributed by atoms with Crippen molar-refractivity contribution in [3.05, 3.63) is 34.9 Å². The van der Waals surface area contributed by atoms with Crippen LogP contribution in [0.25, 0.3) is 0 Å². The van der Waals surface area contributed by atoms with Gasteiger partial charge in [-0.2, -0.15) is 0 Å². The second-order valence-corrected chi connectivity index (χ2v) is 6.08. The van der Waals surface area contributed by atoms with E-state index in [4.69, 9.17) is 11.6 Å². The van der Waals surface area contributed by atoms with Crippen molar-refractivity contribution < 1.29 is 4.79 Å². The molecule has 0 aliphatic carbocycles. The summed E-state index contributed by atoms with van der Waals surface area (Å²) in [6, 6.07) is 7.61. The molecule has 1 unspecified atom stereocenters. The van der Waals surface area contributed by atoms with Gasteiger partial charge in [0.15, 0.2) is 0 Å². The van der Waals surface area contributed by atoms with E-state index in [0.717, 1.165) is 37.9 Å². The number of carbonyl (C=O) groups is 1. The number of halogens is 1. The molecular weight excluding hydrogens is 272 g/mol. The summed E-state index contributed by atoms with van der Waals surface area (Å²) >= 11 is 6.19. The van der Waals surface area contributed by atoms with Crippen molar-refractivity contribution in [1.82, 2.24) is 10.6 Å². The average Bonchev–Trinajstić information content (AvgIpc) is 2.89. The monoisotopic (exact) mass is 294 g/mol. The van der Waals surface area contributed by atoms with E-state index in [9.17, 15) is 4.79 Å². The summed E-state index contributed by atoms with van der Waals surface area (Å²) in [6.07, 6.45) is 2.87. The predicted octanol–water partition coefficient (Wildman–Crippen LogP) is 3.30. The van der Waals surface area contributed by atoms with Gasteiger partial charge in [0.1, 0.15) is 0 Å². The fraction of sp³-hybridized carbons (Fsp3) is 0.562. The lowest BCUT2D eigenvalue weighted by Crippen LogP contribution is -2.43. The minimum atomic E-state index is -0.246. The summed E-state index contributed by atoms with van der Waals surface area (Å²) in [4.78, 5) is 12.7. The molecule has 1 aromatic carbocycles. The van der Waals surface area contributed by atoms with E-state index in [1.54, 1.807) is 0 Å². The Morgan fingerprint density at radius 3 is 2.85 bits per heavy atom. The molecular formula is C16H23ClN2O. The summed E-state index contributed by atoms with van der Waals surface area (Å²) in [5.41, 5.74) is 0.727. The summed E-state index contributed by atoms with van der Waals surface area (Å²) < 4.78 is 0. The van der Waals surface area contributed by atoms with Crippen molar-refractivity contribution >= 4 is 17.5 Å². The Balaban J connectivity index is 2.08. The van der Waals surface area contributed by atoms with E-state index in [2.05, 4.69) is 17.6 Å². The molecule has 2 N–H and O–H groups in total. The number of benzene rings is 1. The minimum Gasteiger partial charge on any atom is -0.349 e. The molecule has 0 aromatic heterocycles. The highest BCUT2D eigenvalue weighted by Gasteiger charge is 2.40. The Kier molecular flexibility index (Phi) is 5.06. The fourth-order valence-electron chi connectivity index (χ4n) is 3.00. The van der Waals surface area contributed by atoms with Gasteiger partial charge < -0.3 is 10.6 Å². The van der Waals surface area contributed by atoms with Crippen LogP contribution in [-0.2, 0) is 4.79 Å². The van der Waals surface area contributed by atoms with Crippen molar-refractivity contribution in [3.8, 4) is 0 Å². The standard InChI is InChI=1S/C16H23ClN2O/c1-3-8-16(9-10-18-11-16)15(20)19-12(2)13-6-4-5-7-14(13)17/h4-7,12,18H,3,8-11H2,1-2H3,(H,19,20)/t12-,16?/m1/s1. The number of rotatable bonds is 5. The largest absolute Gasteiger partial charge is 0.349 e. The zero-order valence-electron chi connectivity index (χ0n) is 12.2. The van der Waals surface area contributed by atoms with Gasteiger partial charge in [-0.15, -0.1) is 0 Å². The maximum atomic E-state index is 12.7. The normalized spacial score (nSPS) is 23.6. The van der Waals surface area contributed by atoms with Crippen LogP contribution < -0.4 is 10.6 Å². The molecule has 110 valence electrons. The van der Waals surface area contributed by atoms with Crippen molar-refractivity contribution in [1.29, 1.82) is 0 Å². The summed E-state index contributed by atoms with van der Waals surface area (Å²) in [6.45, 7) is 5.82. The van der Waals surface area contributed by atoms with Gasteiger partial charge in [-0.3, -0.25) is 4.79 Å². The van der Waals surface area contributed by atoms with Crippen LogP contribution in [0.2, 0.25) is 5.02 Å². The third-order valence-corrected chi connectivity index (χ3v) is 4.52. The maximum Gasteiger partial charge on any atom is 0.228 e. The SMILES string of the molecule is CCCC1(C(=O)N[C@H](C)c2ccccc2Cl)CCNC1. The Morgan fingerprint density at radius 1 is 1.50 bits per heavy atom. The molecule has 1 heterocycles.